The van der Waals surface area contributed by atoms with Crippen molar-refractivity contribution in [1.29, 1.82) is 0 Å². The van der Waals surface area contributed by atoms with E-state index >= 15 is 0 Å². The number of nitrogens with one attached hydrogen (secondary N) is 1. The first-order valence-electron chi connectivity index (χ1n) is 6.00. The molecule has 0 bridgehead atoms. The van der Waals surface area contributed by atoms with Gasteiger partial charge in [-0.2, -0.15) is 11.8 Å². The summed E-state index contributed by atoms with van der Waals surface area (Å²) in [4.78, 5) is 0. The van der Waals surface area contributed by atoms with Gasteiger partial charge >= 0.3 is 0 Å². The number of thioether (sulfide) groups is 1. The quantitative estimate of drug-likeness (QED) is 0.888. The molecule has 0 radical (unpaired) electrons. The van der Waals surface area contributed by atoms with Gasteiger partial charge in [0.1, 0.15) is 5.82 Å². The lowest BCUT2D eigenvalue weighted by Crippen LogP contribution is -2.33. The molecule has 0 saturated heterocycles. The second kappa shape index (κ2) is 5.59. The van der Waals surface area contributed by atoms with Crippen LogP contribution in [-0.2, 0) is 5.75 Å². The lowest BCUT2D eigenvalue weighted by Gasteiger charge is -2.33. The summed E-state index contributed by atoms with van der Waals surface area (Å²) in [7, 11) is 0. The van der Waals surface area contributed by atoms with Gasteiger partial charge in [-0.1, -0.05) is 31.5 Å². The van der Waals surface area contributed by atoms with Crippen LogP contribution in [0.3, 0.4) is 0 Å². The summed E-state index contributed by atoms with van der Waals surface area (Å²) >= 11 is 7.91. The van der Waals surface area contributed by atoms with Crippen molar-refractivity contribution in [3.8, 4) is 0 Å². The largest absolute Gasteiger partial charge is 0.309 e. The van der Waals surface area contributed by atoms with E-state index in [1.165, 1.54) is 11.6 Å². The molecule has 1 aliphatic rings. The van der Waals surface area contributed by atoms with Crippen molar-refractivity contribution in [2.75, 3.05) is 6.54 Å². The molecule has 0 spiro atoms. The SMILES string of the molecule is CCNC1c2ccc(F)c(Cl)c2CSC1CC. The van der Waals surface area contributed by atoms with Crippen LogP contribution in [0.4, 0.5) is 4.39 Å². The first kappa shape index (κ1) is 13.2. The maximum atomic E-state index is 13.4. The Balaban J connectivity index is 2.42. The summed E-state index contributed by atoms with van der Waals surface area (Å²) in [5.41, 5.74) is 2.14. The van der Waals surface area contributed by atoms with E-state index in [4.69, 9.17) is 11.6 Å². The van der Waals surface area contributed by atoms with E-state index in [0.717, 1.165) is 24.3 Å². The maximum Gasteiger partial charge on any atom is 0.142 e. The smallest absolute Gasteiger partial charge is 0.142 e. The predicted molar refractivity (Wildman–Crippen MR) is 73.2 cm³/mol. The highest BCUT2D eigenvalue weighted by atomic mass is 35.5. The molecule has 1 aromatic rings. The van der Waals surface area contributed by atoms with Gasteiger partial charge < -0.3 is 5.32 Å². The molecule has 0 fully saturated rings. The van der Waals surface area contributed by atoms with Crippen LogP contribution in [0.25, 0.3) is 0 Å². The zero-order valence-electron chi connectivity index (χ0n) is 10.1. The van der Waals surface area contributed by atoms with Crippen LogP contribution >= 0.6 is 23.4 Å². The Morgan fingerprint density at radius 2 is 2.24 bits per heavy atom. The summed E-state index contributed by atoms with van der Waals surface area (Å²) in [6.45, 7) is 5.20. The maximum absolute atomic E-state index is 13.4. The Morgan fingerprint density at radius 3 is 2.88 bits per heavy atom. The minimum Gasteiger partial charge on any atom is -0.309 e. The zero-order chi connectivity index (χ0) is 12.4. The molecule has 2 unspecified atom stereocenters. The summed E-state index contributed by atoms with van der Waals surface area (Å²) in [5.74, 6) is 0.503. The van der Waals surface area contributed by atoms with Gasteiger partial charge in [0.2, 0.25) is 0 Å². The van der Waals surface area contributed by atoms with E-state index in [1.807, 2.05) is 17.8 Å². The van der Waals surface area contributed by atoms with Gasteiger partial charge in [0.05, 0.1) is 5.02 Å². The topological polar surface area (TPSA) is 12.0 Å². The van der Waals surface area contributed by atoms with E-state index in [9.17, 15) is 4.39 Å². The van der Waals surface area contributed by atoms with E-state index in [0.29, 0.717) is 10.3 Å². The molecule has 0 amide bonds. The Hall–Kier alpha value is -0.250. The van der Waals surface area contributed by atoms with Crippen LogP contribution in [0.5, 0.6) is 0 Å². The van der Waals surface area contributed by atoms with E-state index in [2.05, 4.69) is 19.2 Å². The molecule has 2 atom stereocenters. The Kier molecular flexibility index (Phi) is 4.34. The lowest BCUT2D eigenvalue weighted by atomic mass is 9.96. The molecule has 1 aliphatic heterocycles. The molecule has 1 heterocycles. The summed E-state index contributed by atoms with van der Waals surface area (Å²) in [6, 6.07) is 3.65. The number of fused-ring (bicyclic) bond motifs is 1. The van der Waals surface area contributed by atoms with Gasteiger partial charge in [0, 0.05) is 17.0 Å². The predicted octanol–water partition coefficient (Wildman–Crippen LogP) is 4.16. The summed E-state index contributed by atoms with van der Waals surface area (Å²) in [5, 5.41) is 4.33. The summed E-state index contributed by atoms with van der Waals surface area (Å²) in [6.07, 6.45) is 1.11. The zero-order valence-corrected chi connectivity index (χ0v) is 11.7. The average molecular weight is 274 g/mol. The fourth-order valence-corrected chi connectivity index (χ4v) is 4.03. The molecule has 17 heavy (non-hydrogen) atoms. The molecule has 0 saturated carbocycles. The number of rotatable bonds is 3. The molecule has 1 nitrogen and oxygen atoms in total. The summed E-state index contributed by atoms with van der Waals surface area (Å²) < 4.78 is 13.4. The van der Waals surface area contributed by atoms with Crippen LogP contribution in [0.15, 0.2) is 12.1 Å². The highest BCUT2D eigenvalue weighted by molar-refractivity contribution is 7.99. The number of benzene rings is 1. The number of hydrogen-bond donors (Lipinski definition) is 1. The minimum atomic E-state index is -0.309. The van der Waals surface area contributed by atoms with E-state index < -0.39 is 0 Å². The van der Waals surface area contributed by atoms with Gasteiger partial charge in [-0.15, -0.1) is 0 Å². The number of halogens is 2. The van der Waals surface area contributed by atoms with Gasteiger partial charge in [-0.3, -0.25) is 0 Å². The lowest BCUT2D eigenvalue weighted by molar-refractivity contribution is 0.512. The number of hydrogen-bond acceptors (Lipinski definition) is 2. The molecule has 0 aliphatic carbocycles. The highest BCUT2D eigenvalue weighted by Crippen LogP contribution is 2.42. The first-order chi connectivity index (χ1) is 8.19. The fraction of sp³-hybridized carbons (Fsp3) is 0.538. The van der Waals surface area contributed by atoms with Crippen molar-refractivity contribution in [3.63, 3.8) is 0 Å². The molecule has 1 aromatic carbocycles. The van der Waals surface area contributed by atoms with Crippen LogP contribution in [0.1, 0.15) is 37.4 Å². The van der Waals surface area contributed by atoms with Gasteiger partial charge in [0.25, 0.3) is 0 Å². The van der Waals surface area contributed by atoms with Gasteiger partial charge in [-0.25, -0.2) is 4.39 Å². The molecule has 4 heteroatoms. The van der Waals surface area contributed by atoms with E-state index in [1.54, 1.807) is 0 Å². The molecule has 2 rings (SSSR count). The third-order valence-electron chi connectivity index (χ3n) is 3.21. The Morgan fingerprint density at radius 1 is 1.47 bits per heavy atom. The van der Waals surface area contributed by atoms with Crippen LogP contribution in [0.2, 0.25) is 5.02 Å². The van der Waals surface area contributed by atoms with Crippen LogP contribution < -0.4 is 5.32 Å². The van der Waals surface area contributed by atoms with Crippen molar-refractivity contribution in [3.05, 3.63) is 34.1 Å². The molecule has 94 valence electrons. The van der Waals surface area contributed by atoms with Crippen molar-refractivity contribution in [1.82, 2.24) is 5.32 Å². The fourth-order valence-electron chi connectivity index (χ4n) is 2.35. The standard InChI is InChI=1S/C13H17ClFNS/c1-3-11-13(16-4-2)8-5-6-10(15)12(14)9(8)7-17-11/h5-6,11,13,16H,3-4,7H2,1-2H3. The highest BCUT2D eigenvalue weighted by Gasteiger charge is 2.30. The third-order valence-corrected chi connectivity index (χ3v) is 5.10. The second-order valence-electron chi connectivity index (χ2n) is 4.22. The average Bonchev–Trinajstić information content (AvgIpc) is 2.34. The monoisotopic (exact) mass is 273 g/mol. The minimum absolute atomic E-state index is 0.289. The van der Waals surface area contributed by atoms with Crippen molar-refractivity contribution < 1.29 is 4.39 Å². The molecule has 1 N–H and O–H groups in total. The molecular formula is C13H17ClFNS. The first-order valence-corrected chi connectivity index (χ1v) is 7.43. The van der Waals surface area contributed by atoms with Gasteiger partial charge in [-0.05, 0) is 30.2 Å². The normalized spacial score (nSPS) is 23.5. The van der Waals surface area contributed by atoms with Crippen molar-refractivity contribution in [2.45, 2.75) is 37.3 Å². The van der Waals surface area contributed by atoms with Crippen molar-refractivity contribution in [2.24, 2.45) is 0 Å². The van der Waals surface area contributed by atoms with E-state index in [-0.39, 0.29) is 11.9 Å². The molecule has 0 aromatic heterocycles. The second-order valence-corrected chi connectivity index (χ2v) is 5.83. The Bertz CT molecular complexity index is 411. The van der Waals surface area contributed by atoms with Crippen LogP contribution in [-0.4, -0.2) is 11.8 Å². The Labute approximate surface area is 111 Å². The van der Waals surface area contributed by atoms with Crippen molar-refractivity contribution >= 4 is 23.4 Å². The molecular weight excluding hydrogens is 257 g/mol. The van der Waals surface area contributed by atoms with Crippen LogP contribution in [0, 0.1) is 5.82 Å². The van der Waals surface area contributed by atoms with Gasteiger partial charge in [0.15, 0.2) is 0 Å². The third kappa shape index (κ3) is 2.47.